The van der Waals surface area contributed by atoms with Crippen molar-refractivity contribution in [3.63, 3.8) is 0 Å². The summed E-state index contributed by atoms with van der Waals surface area (Å²) in [6.45, 7) is 5.70. The van der Waals surface area contributed by atoms with Crippen molar-refractivity contribution in [1.29, 1.82) is 0 Å². The Labute approximate surface area is 110 Å². The number of amides is 1. The van der Waals surface area contributed by atoms with Gasteiger partial charge in [0.05, 0.1) is 5.69 Å². The molecule has 1 heterocycles. The molecule has 0 unspecified atom stereocenters. The summed E-state index contributed by atoms with van der Waals surface area (Å²) < 4.78 is 1.95. The third kappa shape index (κ3) is 1.99. The Morgan fingerprint density at radius 3 is 2.50 bits per heavy atom. The van der Waals surface area contributed by atoms with E-state index in [1.807, 2.05) is 31.4 Å². The number of carbonyl (C=O) groups excluding carboxylic acids is 1. The first-order chi connectivity index (χ1) is 8.41. The number of hydrogen-bond acceptors (Lipinski definition) is 2. The van der Waals surface area contributed by atoms with E-state index in [2.05, 4.69) is 4.98 Å². The highest BCUT2D eigenvalue weighted by molar-refractivity contribution is 6.31. The van der Waals surface area contributed by atoms with Gasteiger partial charge < -0.3 is 10.3 Å². The van der Waals surface area contributed by atoms with Gasteiger partial charge in [-0.1, -0.05) is 11.6 Å². The SMILES string of the molecule is Cc1c(C(N)=O)cc(Cl)cc1-n1c(C)cnc1C. The van der Waals surface area contributed by atoms with Gasteiger partial charge in [-0.05, 0) is 38.5 Å². The molecule has 0 bridgehead atoms. The number of halogens is 1. The standard InChI is InChI=1S/C13H14ClN3O/c1-7-6-16-9(3)17(7)12-5-10(14)4-11(8(12)2)13(15)18/h4-6H,1-3H3,(H2,15,18). The molecule has 18 heavy (non-hydrogen) atoms. The summed E-state index contributed by atoms with van der Waals surface area (Å²) >= 11 is 6.05. The smallest absolute Gasteiger partial charge is 0.249 e. The molecule has 0 aliphatic heterocycles. The highest BCUT2D eigenvalue weighted by Crippen LogP contribution is 2.25. The molecule has 1 aromatic carbocycles. The van der Waals surface area contributed by atoms with Crippen LogP contribution >= 0.6 is 11.6 Å². The average molecular weight is 264 g/mol. The molecule has 0 aliphatic rings. The molecule has 1 amide bonds. The molecule has 0 spiro atoms. The van der Waals surface area contributed by atoms with E-state index < -0.39 is 5.91 Å². The summed E-state index contributed by atoms with van der Waals surface area (Å²) in [5.41, 5.74) is 8.41. The second-order valence-corrected chi connectivity index (χ2v) is 4.68. The zero-order valence-corrected chi connectivity index (χ0v) is 11.2. The highest BCUT2D eigenvalue weighted by atomic mass is 35.5. The minimum absolute atomic E-state index is 0.435. The zero-order valence-electron chi connectivity index (χ0n) is 10.5. The Morgan fingerprint density at radius 2 is 2.00 bits per heavy atom. The van der Waals surface area contributed by atoms with Crippen LogP contribution in [0.1, 0.15) is 27.4 Å². The number of rotatable bonds is 2. The molecule has 0 atom stereocenters. The first-order valence-corrected chi connectivity index (χ1v) is 5.91. The summed E-state index contributed by atoms with van der Waals surface area (Å²) in [5.74, 6) is 0.361. The lowest BCUT2D eigenvalue weighted by Gasteiger charge is -2.14. The van der Waals surface area contributed by atoms with Gasteiger partial charge in [-0.3, -0.25) is 4.79 Å². The minimum atomic E-state index is -0.480. The van der Waals surface area contributed by atoms with E-state index in [1.165, 1.54) is 0 Å². The maximum absolute atomic E-state index is 11.4. The summed E-state index contributed by atoms with van der Waals surface area (Å²) in [6.07, 6.45) is 1.78. The topological polar surface area (TPSA) is 60.9 Å². The van der Waals surface area contributed by atoms with Gasteiger partial charge in [-0.25, -0.2) is 4.98 Å². The number of hydrogen-bond donors (Lipinski definition) is 1. The van der Waals surface area contributed by atoms with Crippen molar-refractivity contribution >= 4 is 17.5 Å². The lowest BCUT2D eigenvalue weighted by atomic mass is 10.1. The third-order valence-electron chi connectivity index (χ3n) is 2.97. The van der Waals surface area contributed by atoms with Crippen molar-refractivity contribution in [2.75, 3.05) is 0 Å². The molecular formula is C13H14ClN3O. The van der Waals surface area contributed by atoms with Crippen molar-refractivity contribution in [2.45, 2.75) is 20.8 Å². The highest BCUT2D eigenvalue weighted by Gasteiger charge is 2.14. The molecule has 4 nitrogen and oxygen atoms in total. The normalized spacial score (nSPS) is 10.7. The molecule has 0 aliphatic carbocycles. The van der Waals surface area contributed by atoms with Crippen LogP contribution in [-0.2, 0) is 0 Å². The lowest BCUT2D eigenvalue weighted by molar-refractivity contribution is 0.0999. The number of benzene rings is 1. The van der Waals surface area contributed by atoms with Crippen LogP contribution in [0, 0.1) is 20.8 Å². The van der Waals surface area contributed by atoms with E-state index in [4.69, 9.17) is 17.3 Å². The first kappa shape index (κ1) is 12.6. The van der Waals surface area contributed by atoms with Gasteiger partial charge in [0.15, 0.2) is 0 Å². The van der Waals surface area contributed by atoms with Crippen LogP contribution in [0.4, 0.5) is 0 Å². The molecule has 2 rings (SSSR count). The number of nitrogens with two attached hydrogens (primary N) is 1. The van der Waals surface area contributed by atoms with Gasteiger partial charge in [-0.15, -0.1) is 0 Å². The van der Waals surface area contributed by atoms with Gasteiger partial charge in [-0.2, -0.15) is 0 Å². The Kier molecular flexibility index (Phi) is 3.13. The van der Waals surface area contributed by atoms with Crippen molar-refractivity contribution in [1.82, 2.24) is 9.55 Å². The molecule has 0 radical (unpaired) electrons. The third-order valence-corrected chi connectivity index (χ3v) is 3.18. The Morgan fingerprint density at radius 1 is 1.33 bits per heavy atom. The summed E-state index contributed by atoms with van der Waals surface area (Å²) in [4.78, 5) is 15.6. The molecule has 94 valence electrons. The van der Waals surface area contributed by atoms with E-state index in [0.29, 0.717) is 10.6 Å². The number of aryl methyl sites for hydroxylation is 2. The lowest BCUT2D eigenvalue weighted by Crippen LogP contribution is -2.15. The Balaban J connectivity index is 2.76. The monoisotopic (exact) mass is 263 g/mol. The maximum Gasteiger partial charge on any atom is 0.249 e. The second kappa shape index (κ2) is 4.46. The van der Waals surface area contributed by atoms with Gasteiger partial charge in [0.2, 0.25) is 5.91 Å². The van der Waals surface area contributed by atoms with Gasteiger partial charge in [0.1, 0.15) is 5.82 Å². The molecule has 2 N–H and O–H groups in total. The van der Waals surface area contributed by atoms with E-state index in [-0.39, 0.29) is 0 Å². The number of aromatic nitrogens is 2. The summed E-state index contributed by atoms with van der Waals surface area (Å²) in [6, 6.07) is 3.40. The van der Waals surface area contributed by atoms with Gasteiger partial charge in [0.25, 0.3) is 0 Å². The second-order valence-electron chi connectivity index (χ2n) is 4.24. The molecule has 0 saturated carbocycles. The molecular weight excluding hydrogens is 250 g/mol. The van der Waals surface area contributed by atoms with Crippen LogP contribution in [0.3, 0.4) is 0 Å². The number of imidazole rings is 1. The number of carbonyl (C=O) groups is 1. The Bertz CT molecular complexity index is 612. The van der Waals surface area contributed by atoms with Crippen LogP contribution in [0.5, 0.6) is 0 Å². The minimum Gasteiger partial charge on any atom is -0.366 e. The van der Waals surface area contributed by atoms with Crippen LogP contribution in [-0.4, -0.2) is 15.5 Å². The Hall–Kier alpha value is -1.81. The van der Waals surface area contributed by atoms with Gasteiger partial charge in [0, 0.05) is 22.5 Å². The predicted octanol–water partition coefficient (Wildman–Crippen LogP) is 2.55. The van der Waals surface area contributed by atoms with Gasteiger partial charge >= 0.3 is 0 Å². The van der Waals surface area contributed by atoms with E-state index >= 15 is 0 Å². The molecule has 5 heteroatoms. The van der Waals surface area contributed by atoms with Crippen LogP contribution in [0.25, 0.3) is 5.69 Å². The van der Waals surface area contributed by atoms with Crippen molar-refractivity contribution in [3.8, 4) is 5.69 Å². The predicted molar refractivity (Wildman–Crippen MR) is 71.3 cm³/mol. The summed E-state index contributed by atoms with van der Waals surface area (Å²) in [7, 11) is 0. The zero-order chi connectivity index (χ0) is 13.4. The summed E-state index contributed by atoms with van der Waals surface area (Å²) in [5, 5.41) is 0.483. The fraction of sp³-hybridized carbons (Fsp3) is 0.231. The molecule has 0 saturated heterocycles. The van der Waals surface area contributed by atoms with Crippen LogP contribution < -0.4 is 5.73 Å². The molecule has 2 aromatic rings. The number of nitrogens with zero attached hydrogens (tertiary/aromatic N) is 2. The maximum atomic E-state index is 11.4. The van der Waals surface area contributed by atoms with E-state index in [1.54, 1.807) is 12.3 Å². The molecule has 1 aromatic heterocycles. The van der Waals surface area contributed by atoms with Crippen molar-refractivity contribution < 1.29 is 4.79 Å². The van der Waals surface area contributed by atoms with Crippen molar-refractivity contribution in [2.24, 2.45) is 5.73 Å². The van der Waals surface area contributed by atoms with Crippen LogP contribution in [0.15, 0.2) is 18.3 Å². The van der Waals surface area contributed by atoms with Crippen molar-refractivity contribution in [3.05, 3.63) is 46.0 Å². The fourth-order valence-electron chi connectivity index (χ4n) is 2.07. The molecule has 0 fully saturated rings. The van der Waals surface area contributed by atoms with E-state index in [9.17, 15) is 4.79 Å². The number of primary amides is 1. The largest absolute Gasteiger partial charge is 0.366 e. The fourth-order valence-corrected chi connectivity index (χ4v) is 2.29. The van der Waals surface area contributed by atoms with E-state index in [0.717, 1.165) is 22.8 Å². The first-order valence-electron chi connectivity index (χ1n) is 5.53. The quantitative estimate of drug-likeness (QED) is 0.905. The van der Waals surface area contributed by atoms with Crippen LogP contribution in [0.2, 0.25) is 5.02 Å². The average Bonchev–Trinajstić information content (AvgIpc) is 2.61.